The van der Waals surface area contributed by atoms with Gasteiger partial charge in [-0.05, 0) is 12.0 Å². The molecular weight excluding hydrogens is 308 g/mol. The summed E-state index contributed by atoms with van der Waals surface area (Å²) in [5, 5.41) is 1.77. The summed E-state index contributed by atoms with van der Waals surface area (Å²) in [5.41, 5.74) is 6.79. The monoisotopic (exact) mass is 322 g/mol. The molecule has 0 saturated carbocycles. The predicted molar refractivity (Wildman–Crippen MR) is 82.8 cm³/mol. The topological polar surface area (TPSA) is 89.5 Å². The first-order valence-electron chi connectivity index (χ1n) is 6.32. The number of aromatic nitrogens is 2. The molecule has 0 radical (unpaired) electrons. The van der Waals surface area contributed by atoms with Crippen LogP contribution < -0.4 is 10.5 Å². The molecule has 0 atom stereocenters. The number of nitrogen functional groups attached to an aromatic ring is 1. The summed E-state index contributed by atoms with van der Waals surface area (Å²) in [4.78, 5) is 4.61. The van der Waals surface area contributed by atoms with Gasteiger partial charge < -0.3 is 5.73 Å². The fourth-order valence-electron chi connectivity index (χ4n) is 2.09. The maximum atomic E-state index is 12.4. The molecule has 21 heavy (non-hydrogen) atoms. The molecule has 0 aliphatic rings. The normalized spacial score (nSPS) is 12.0. The first-order valence-corrected chi connectivity index (χ1v) is 8.69. The Hall–Kier alpha value is -1.90. The molecule has 3 N–H and O–H groups in total. The zero-order valence-corrected chi connectivity index (χ0v) is 12.7. The highest BCUT2D eigenvalue weighted by molar-refractivity contribution is 7.89. The Bertz CT molecular complexity index is 853. The van der Waals surface area contributed by atoms with E-state index < -0.39 is 10.0 Å². The average molecular weight is 322 g/mol. The zero-order valence-electron chi connectivity index (χ0n) is 11.1. The standard InChI is InChI=1S/C13H14N4O2S2/c14-11-12(17-8-9-20-13(17)16-11)21(18,19)15-7-6-10-4-2-1-3-5-10/h1-5,8-9,15H,6-7,14H2. The molecule has 2 heterocycles. The Morgan fingerprint density at radius 3 is 2.81 bits per heavy atom. The summed E-state index contributed by atoms with van der Waals surface area (Å²) in [6.45, 7) is 0.309. The van der Waals surface area contributed by atoms with E-state index in [1.54, 1.807) is 11.6 Å². The number of rotatable bonds is 5. The lowest BCUT2D eigenvalue weighted by molar-refractivity contribution is 0.577. The quantitative estimate of drug-likeness (QED) is 0.745. The third-order valence-corrected chi connectivity index (χ3v) is 5.30. The number of imidazole rings is 1. The highest BCUT2D eigenvalue weighted by Crippen LogP contribution is 2.22. The lowest BCUT2D eigenvalue weighted by Gasteiger charge is -2.06. The van der Waals surface area contributed by atoms with E-state index >= 15 is 0 Å². The maximum Gasteiger partial charge on any atom is 0.260 e. The van der Waals surface area contributed by atoms with Crippen molar-refractivity contribution in [1.29, 1.82) is 0 Å². The van der Waals surface area contributed by atoms with Crippen molar-refractivity contribution in [3.8, 4) is 0 Å². The van der Waals surface area contributed by atoms with E-state index in [-0.39, 0.29) is 10.8 Å². The molecule has 0 bridgehead atoms. The summed E-state index contributed by atoms with van der Waals surface area (Å²) in [6.07, 6.45) is 2.26. The van der Waals surface area contributed by atoms with Crippen molar-refractivity contribution in [2.45, 2.75) is 11.4 Å². The second-order valence-corrected chi connectivity index (χ2v) is 7.05. The van der Waals surface area contributed by atoms with Gasteiger partial charge in [0.15, 0.2) is 15.8 Å². The lowest BCUT2D eigenvalue weighted by atomic mass is 10.2. The van der Waals surface area contributed by atoms with E-state index in [1.165, 1.54) is 15.7 Å². The van der Waals surface area contributed by atoms with E-state index in [1.807, 2.05) is 30.3 Å². The molecule has 3 rings (SSSR count). The number of benzene rings is 1. The van der Waals surface area contributed by atoms with E-state index in [0.717, 1.165) is 5.56 Å². The van der Waals surface area contributed by atoms with Crippen molar-refractivity contribution in [3.05, 3.63) is 47.5 Å². The molecule has 3 aromatic rings. The average Bonchev–Trinajstić information content (AvgIpc) is 2.99. The molecule has 8 heteroatoms. The minimum Gasteiger partial charge on any atom is -0.381 e. The van der Waals surface area contributed by atoms with Crippen molar-refractivity contribution in [1.82, 2.24) is 14.1 Å². The number of nitrogens with one attached hydrogen (secondary N) is 1. The SMILES string of the molecule is Nc1nc2sccn2c1S(=O)(=O)NCCc1ccccc1. The van der Waals surface area contributed by atoms with Gasteiger partial charge in [0.05, 0.1) is 0 Å². The van der Waals surface area contributed by atoms with Gasteiger partial charge in [-0.2, -0.15) is 0 Å². The highest BCUT2D eigenvalue weighted by atomic mass is 32.2. The molecule has 0 amide bonds. The van der Waals surface area contributed by atoms with Crippen molar-refractivity contribution in [3.63, 3.8) is 0 Å². The number of nitrogens with zero attached hydrogens (tertiary/aromatic N) is 2. The van der Waals surface area contributed by atoms with Gasteiger partial charge in [0.25, 0.3) is 10.0 Å². The van der Waals surface area contributed by atoms with Gasteiger partial charge in [0, 0.05) is 18.1 Å². The summed E-state index contributed by atoms with van der Waals surface area (Å²) in [6, 6.07) is 9.69. The van der Waals surface area contributed by atoms with Crippen LogP contribution in [0.1, 0.15) is 5.56 Å². The van der Waals surface area contributed by atoms with Crippen LogP contribution in [-0.2, 0) is 16.4 Å². The van der Waals surface area contributed by atoms with Gasteiger partial charge >= 0.3 is 0 Å². The van der Waals surface area contributed by atoms with Crippen LogP contribution in [0.5, 0.6) is 0 Å². The molecule has 1 aromatic carbocycles. The van der Waals surface area contributed by atoms with Crippen LogP contribution in [0.25, 0.3) is 4.96 Å². The zero-order chi connectivity index (χ0) is 14.9. The first kappa shape index (κ1) is 14.1. The molecule has 0 spiro atoms. The van der Waals surface area contributed by atoms with Crippen LogP contribution >= 0.6 is 11.3 Å². The van der Waals surface area contributed by atoms with Crippen LogP contribution in [0, 0.1) is 0 Å². The number of anilines is 1. The summed E-state index contributed by atoms with van der Waals surface area (Å²) in [7, 11) is -3.68. The summed E-state index contributed by atoms with van der Waals surface area (Å²) < 4.78 is 28.8. The molecule has 0 aliphatic heterocycles. The molecule has 110 valence electrons. The first-order chi connectivity index (χ1) is 10.1. The lowest BCUT2D eigenvalue weighted by Crippen LogP contribution is -2.27. The Labute approximate surface area is 126 Å². The molecule has 0 fully saturated rings. The fraction of sp³-hybridized carbons (Fsp3) is 0.154. The number of hydrogen-bond donors (Lipinski definition) is 2. The van der Waals surface area contributed by atoms with Crippen LogP contribution in [0.4, 0.5) is 5.82 Å². The second kappa shape index (κ2) is 5.47. The molecular formula is C13H14N4O2S2. The van der Waals surface area contributed by atoms with Crippen LogP contribution in [-0.4, -0.2) is 24.3 Å². The highest BCUT2D eigenvalue weighted by Gasteiger charge is 2.23. The Kier molecular flexibility index (Phi) is 3.66. The van der Waals surface area contributed by atoms with Crippen molar-refractivity contribution < 1.29 is 8.42 Å². The minimum absolute atomic E-state index is 0.00631. The second-order valence-electron chi connectivity index (χ2n) is 4.49. The maximum absolute atomic E-state index is 12.4. The van der Waals surface area contributed by atoms with Crippen molar-refractivity contribution >= 4 is 32.1 Å². The Balaban J connectivity index is 1.78. The number of hydrogen-bond acceptors (Lipinski definition) is 5. The van der Waals surface area contributed by atoms with E-state index in [0.29, 0.717) is 17.9 Å². The van der Waals surface area contributed by atoms with Crippen LogP contribution in [0.15, 0.2) is 46.9 Å². The largest absolute Gasteiger partial charge is 0.381 e. The van der Waals surface area contributed by atoms with Gasteiger partial charge in [0.1, 0.15) is 0 Å². The number of sulfonamides is 1. The van der Waals surface area contributed by atoms with Crippen LogP contribution in [0.2, 0.25) is 0 Å². The van der Waals surface area contributed by atoms with Gasteiger partial charge in [-0.15, -0.1) is 11.3 Å². The van der Waals surface area contributed by atoms with Gasteiger partial charge in [-0.1, -0.05) is 30.3 Å². The molecule has 0 saturated heterocycles. The Morgan fingerprint density at radius 2 is 2.05 bits per heavy atom. The summed E-state index contributed by atoms with van der Waals surface area (Å²) >= 11 is 1.34. The number of fused-ring (bicyclic) bond motifs is 1. The molecule has 0 aliphatic carbocycles. The molecule has 6 nitrogen and oxygen atoms in total. The third-order valence-electron chi connectivity index (χ3n) is 3.05. The molecule has 0 unspecified atom stereocenters. The summed E-state index contributed by atoms with van der Waals surface area (Å²) in [5.74, 6) is 0.0223. The van der Waals surface area contributed by atoms with Crippen LogP contribution in [0.3, 0.4) is 0 Å². The van der Waals surface area contributed by atoms with Gasteiger partial charge in [-0.3, -0.25) is 4.40 Å². The van der Waals surface area contributed by atoms with E-state index in [2.05, 4.69) is 9.71 Å². The van der Waals surface area contributed by atoms with Gasteiger partial charge in [-0.25, -0.2) is 18.1 Å². The molecule has 2 aromatic heterocycles. The van der Waals surface area contributed by atoms with E-state index in [4.69, 9.17) is 5.73 Å². The smallest absolute Gasteiger partial charge is 0.260 e. The van der Waals surface area contributed by atoms with Gasteiger partial charge in [0.2, 0.25) is 0 Å². The minimum atomic E-state index is -3.68. The fourth-order valence-corrected chi connectivity index (χ4v) is 4.11. The number of thiazole rings is 1. The Morgan fingerprint density at radius 1 is 1.29 bits per heavy atom. The van der Waals surface area contributed by atoms with Crippen molar-refractivity contribution in [2.75, 3.05) is 12.3 Å². The van der Waals surface area contributed by atoms with E-state index in [9.17, 15) is 8.42 Å². The predicted octanol–water partition coefficient (Wildman–Crippen LogP) is 1.50. The third kappa shape index (κ3) is 2.78. The number of nitrogens with two attached hydrogens (primary N) is 1. The van der Waals surface area contributed by atoms with Crippen molar-refractivity contribution in [2.24, 2.45) is 0 Å².